The minimum absolute atomic E-state index is 0.0412. The van der Waals surface area contributed by atoms with E-state index in [-0.39, 0.29) is 30.3 Å². The summed E-state index contributed by atoms with van der Waals surface area (Å²) >= 11 is 0. The van der Waals surface area contributed by atoms with E-state index >= 15 is 0 Å². The molecule has 4 aromatic rings. The number of carbonyl (C=O) groups excluding carboxylic acids is 2. The molecule has 0 bridgehead atoms. The van der Waals surface area contributed by atoms with Crippen molar-refractivity contribution in [1.29, 1.82) is 0 Å². The highest BCUT2D eigenvalue weighted by atomic mass is 19.1. The summed E-state index contributed by atoms with van der Waals surface area (Å²) in [4.78, 5) is 34.2. The minimum atomic E-state index is -0.603. The molecule has 8 nitrogen and oxygen atoms in total. The molecule has 2 aliphatic rings. The third-order valence-corrected chi connectivity index (χ3v) is 8.00. The number of aromatic nitrogens is 3. The summed E-state index contributed by atoms with van der Waals surface area (Å²) in [7, 11) is 0. The maximum Gasteiger partial charge on any atom is 0.257 e. The van der Waals surface area contributed by atoms with Crippen LogP contribution < -0.4 is 10.6 Å². The number of rotatable bonds is 7. The summed E-state index contributed by atoms with van der Waals surface area (Å²) in [6.45, 7) is 8.07. The van der Waals surface area contributed by atoms with Crippen LogP contribution in [0.4, 0.5) is 10.1 Å². The van der Waals surface area contributed by atoms with Gasteiger partial charge in [0, 0.05) is 42.2 Å². The molecule has 6 rings (SSSR count). The van der Waals surface area contributed by atoms with Crippen LogP contribution in [0, 0.1) is 12.4 Å². The highest BCUT2D eigenvalue weighted by Crippen LogP contribution is 2.47. The number of halogens is 1. The number of benzene rings is 2. The van der Waals surface area contributed by atoms with E-state index in [4.69, 9.17) is 6.57 Å². The Morgan fingerprint density at radius 2 is 1.85 bits per heavy atom. The van der Waals surface area contributed by atoms with E-state index in [1.807, 2.05) is 30.3 Å². The van der Waals surface area contributed by atoms with Gasteiger partial charge in [0.1, 0.15) is 12.4 Å². The number of nitrogens with one attached hydrogen (secondary N) is 2. The average Bonchev–Trinajstić information content (AvgIpc) is 3.68. The van der Waals surface area contributed by atoms with Gasteiger partial charge in [0.2, 0.25) is 5.91 Å². The van der Waals surface area contributed by atoms with E-state index in [1.165, 1.54) is 23.0 Å². The van der Waals surface area contributed by atoms with Gasteiger partial charge in [-0.25, -0.2) is 11.0 Å². The maximum atomic E-state index is 14.4. The molecule has 0 aliphatic heterocycles. The molecular weight excluding hydrogens is 507 g/mol. The van der Waals surface area contributed by atoms with Crippen LogP contribution in [0.3, 0.4) is 0 Å². The zero-order valence-corrected chi connectivity index (χ0v) is 21.9. The Labute approximate surface area is 231 Å². The average molecular weight is 537 g/mol. The Bertz CT molecular complexity index is 1610. The van der Waals surface area contributed by atoms with Crippen LogP contribution in [-0.2, 0) is 16.9 Å². The molecule has 9 heteroatoms. The fraction of sp³-hybridized carbons (Fsp3) is 0.323. The van der Waals surface area contributed by atoms with Gasteiger partial charge in [-0.05, 0) is 55.4 Å². The number of hydrogen-bond donors (Lipinski definition) is 2. The topological polar surface area (TPSA) is 93.3 Å². The van der Waals surface area contributed by atoms with Gasteiger partial charge in [-0.15, -0.1) is 0 Å². The van der Waals surface area contributed by atoms with Crippen molar-refractivity contribution in [3.8, 4) is 0 Å². The van der Waals surface area contributed by atoms with Crippen LogP contribution in [0.25, 0.3) is 15.7 Å². The number of carbonyl (C=O) groups is 2. The number of amides is 2. The first-order valence-corrected chi connectivity index (χ1v) is 13.6. The van der Waals surface area contributed by atoms with Crippen molar-refractivity contribution in [3.05, 3.63) is 101 Å². The van der Waals surface area contributed by atoms with Crippen molar-refractivity contribution in [1.82, 2.24) is 20.1 Å². The predicted molar refractivity (Wildman–Crippen MR) is 149 cm³/mol. The molecule has 0 spiro atoms. The van der Waals surface area contributed by atoms with E-state index in [2.05, 4.69) is 25.6 Å². The van der Waals surface area contributed by atoms with E-state index in [0.29, 0.717) is 47.8 Å². The zero-order chi connectivity index (χ0) is 27.7. The first kappa shape index (κ1) is 25.7. The highest BCUT2D eigenvalue weighted by Gasteiger charge is 2.44. The third-order valence-electron chi connectivity index (χ3n) is 8.00. The molecule has 0 saturated heterocycles. The molecule has 2 N–H and O–H groups in total. The predicted octanol–water partition coefficient (Wildman–Crippen LogP) is 5.57. The van der Waals surface area contributed by atoms with Crippen LogP contribution in [0.2, 0.25) is 0 Å². The minimum Gasteiger partial charge on any atom is -0.352 e. The Kier molecular flexibility index (Phi) is 6.76. The maximum absolute atomic E-state index is 14.4. The molecule has 2 fully saturated rings. The normalized spacial score (nSPS) is 20.6. The summed E-state index contributed by atoms with van der Waals surface area (Å²) in [5.74, 6) is -0.925. The number of anilines is 1. The van der Waals surface area contributed by atoms with Gasteiger partial charge in [-0.3, -0.25) is 19.3 Å². The van der Waals surface area contributed by atoms with Crippen molar-refractivity contribution < 1.29 is 14.0 Å². The fourth-order valence-electron chi connectivity index (χ4n) is 5.76. The Morgan fingerprint density at radius 1 is 1.07 bits per heavy atom. The van der Waals surface area contributed by atoms with Crippen molar-refractivity contribution in [2.75, 3.05) is 5.32 Å². The lowest BCUT2D eigenvalue weighted by Gasteiger charge is -2.33. The smallest absolute Gasteiger partial charge is 0.257 e. The largest absolute Gasteiger partial charge is 0.352 e. The molecule has 40 heavy (non-hydrogen) atoms. The summed E-state index contributed by atoms with van der Waals surface area (Å²) in [6.07, 6.45) is 9.31. The molecule has 0 radical (unpaired) electrons. The SMILES string of the molecule is [C-]#[N+]C1(c2ccccc2)CCC(c2c(C(=O)Nc3cnn(CC(=O)NC4CC4)c3)cnc3ccc(F)cc23)CC1. The zero-order valence-electron chi connectivity index (χ0n) is 21.9. The van der Waals surface area contributed by atoms with Crippen molar-refractivity contribution in [2.24, 2.45) is 0 Å². The molecule has 0 unspecified atom stereocenters. The van der Waals surface area contributed by atoms with Gasteiger partial charge in [0.25, 0.3) is 11.4 Å². The second-order valence-electron chi connectivity index (χ2n) is 10.8. The second-order valence-corrected chi connectivity index (χ2v) is 10.8. The van der Waals surface area contributed by atoms with Gasteiger partial charge in [-0.2, -0.15) is 5.10 Å². The van der Waals surface area contributed by atoms with Gasteiger partial charge in [0.05, 0.1) is 23.0 Å². The van der Waals surface area contributed by atoms with Crippen LogP contribution in [-0.4, -0.2) is 32.6 Å². The van der Waals surface area contributed by atoms with E-state index in [1.54, 1.807) is 18.5 Å². The van der Waals surface area contributed by atoms with E-state index < -0.39 is 11.4 Å². The summed E-state index contributed by atoms with van der Waals surface area (Å²) in [5.41, 5.74) is 2.60. The lowest BCUT2D eigenvalue weighted by Crippen LogP contribution is -2.29. The van der Waals surface area contributed by atoms with Gasteiger partial charge >= 0.3 is 0 Å². The van der Waals surface area contributed by atoms with Crippen LogP contribution >= 0.6 is 0 Å². The molecule has 2 heterocycles. The van der Waals surface area contributed by atoms with Crippen molar-refractivity contribution in [2.45, 2.75) is 62.6 Å². The number of pyridine rings is 1. The van der Waals surface area contributed by atoms with Crippen molar-refractivity contribution >= 4 is 28.4 Å². The van der Waals surface area contributed by atoms with Crippen molar-refractivity contribution in [3.63, 3.8) is 0 Å². The summed E-state index contributed by atoms with van der Waals surface area (Å²) < 4.78 is 15.9. The monoisotopic (exact) mass is 536 g/mol. The molecule has 2 aliphatic carbocycles. The molecular formula is C31H29FN6O2. The van der Waals surface area contributed by atoms with Gasteiger partial charge in [0.15, 0.2) is 0 Å². The standard InChI is InChI=1S/C31H29FN6O2/c1-33-31(21-5-3-2-4-6-21)13-11-20(12-14-31)29-25-15-22(32)7-10-27(25)34-17-26(29)30(40)37-24-16-35-38(18-24)19-28(39)36-23-8-9-23/h2-7,10,15-18,20,23H,8-9,11-14,19H2,(H,36,39)(H,37,40). The third kappa shape index (κ3) is 5.17. The summed E-state index contributed by atoms with van der Waals surface area (Å²) in [5, 5.41) is 10.6. The first-order chi connectivity index (χ1) is 19.4. The highest BCUT2D eigenvalue weighted by molar-refractivity contribution is 6.07. The lowest BCUT2D eigenvalue weighted by atomic mass is 9.70. The fourth-order valence-corrected chi connectivity index (χ4v) is 5.76. The number of fused-ring (bicyclic) bond motifs is 1. The Hall–Kier alpha value is -4.58. The molecule has 2 saturated carbocycles. The Balaban J connectivity index is 1.27. The molecule has 202 valence electrons. The van der Waals surface area contributed by atoms with Crippen LogP contribution in [0.5, 0.6) is 0 Å². The summed E-state index contributed by atoms with van der Waals surface area (Å²) in [6, 6.07) is 14.6. The molecule has 0 atom stereocenters. The second kappa shape index (κ2) is 10.5. The number of hydrogen-bond acceptors (Lipinski definition) is 4. The van der Waals surface area contributed by atoms with E-state index in [9.17, 15) is 14.0 Å². The molecule has 2 aromatic heterocycles. The van der Waals surface area contributed by atoms with E-state index in [0.717, 1.165) is 24.0 Å². The quantitative estimate of drug-likeness (QED) is 0.302. The number of nitrogens with zero attached hydrogens (tertiary/aromatic N) is 4. The lowest BCUT2D eigenvalue weighted by molar-refractivity contribution is -0.122. The molecule has 2 aromatic carbocycles. The van der Waals surface area contributed by atoms with Crippen LogP contribution in [0.1, 0.15) is 65.9 Å². The van der Waals surface area contributed by atoms with Gasteiger partial charge < -0.3 is 15.5 Å². The first-order valence-electron chi connectivity index (χ1n) is 13.6. The van der Waals surface area contributed by atoms with Gasteiger partial charge in [-0.1, -0.05) is 30.3 Å². The molecule has 2 amide bonds. The van der Waals surface area contributed by atoms with Crippen LogP contribution in [0.15, 0.2) is 67.1 Å². The Morgan fingerprint density at radius 3 is 2.58 bits per heavy atom.